The van der Waals surface area contributed by atoms with Crippen LogP contribution >= 0.6 is 0 Å². The van der Waals surface area contributed by atoms with Gasteiger partial charge < -0.3 is 5.32 Å². The maximum absolute atomic E-state index is 11.6. The van der Waals surface area contributed by atoms with E-state index in [9.17, 15) is 4.79 Å². The molecule has 1 saturated carbocycles. The highest BCUT2D eigenvalue weighted by molar-refractivity contribution is 5.79. The molecule has 1 amide bonds. The van der Waals surface area contributed by atoms with Gasteiger partial charge >= 0.3 is 0 Å². The van der Waals surface area contributed by atoms with Crippen LogP contribution in [-0.4, -0.2) is 12.5 Å². The van der Waals surface area contributed by atoms with E-state index in [1.54, 1.807) is 0 Å². The Morgan fingerprint density at radius 1 is 1.46 bits per heavy atom. The lowest BCUT2D eigenvalue weighted by molar-refractivity contribution is -0.124. The van der Waals surface area contributed by atoms with Crippen molar-refractivity contribution in [3.8, 4) is 0 Å². The molecule has 0 unspecified atom stereocenters. The quantitative estimate of drug-likeness (QED) is 0.658. The second-order valence-electron chi connectivity index (χ2n) is 4.67. The van der Waals surface area contributed by atoms with E-state index in [1.807, 2.05) is 0 Å². The molecule has 72 valence electrons. The molecule has 0 bridgehead atoms. The molecule has 1 N–H and O–H groups in total. The Morgan fingerprint density at radius 2 is 2.08 bits per heavy atom. The first-order valence-electron chi connectivity index (χ1n) is 5.12. The van der Waals surface area contributed by atoms with Gasteiger partial charge in [0.1, 0.15) is 0 Å². The molecule has 13 heavy (non-hydrogen) atoms. The average molecular weight is 179 g/mol. The van der Waals surface area contributed by atoms with E-state index < -0.39 is 0 Å². The number of amides is 1. The number of allylic oxidation sites excluding steroid dienone is 2. The molecule has 0 aliphatic heterocycles. The molecule has 0 aromatic carbocycles. The van der Waals surface area contributed by atoms with E-state index in [0.717, 1.165) is 19.4 Å². The van der Waals surface area contributed by atoms with Gasteiger partial charge in [-0.05, 0) is 31.1 Å². The van der Waals surface area contributed by atoms with Crippen molar-refractivity contribution in [3.63, 3.8) is 0 Å². The fourth-order valence-corrected chi connectivity index (χ4v) is 1.67. The summed E-state index contributed by atoms with van der Waals surface area (Å²) in [5.41, 5.74) is 0.432. The summed E-state index contributed by atoms with van der Waals surface area (Å²) < 4.78 is 0. The molecule has 0 aromatic heterocycles. The zero-order valence-electron chi connectivity index (χ0n) is 8.18. The first-order chi connectivity index (χ1) is 6.20. The van der Waals surface area contributed by atoms with Crippen LogP contribution in [0.2, 0.25) is 0 Å². The molecule has 1 fully saturated rings. The summed E-state index contributed by atoms with van der Waals surface area (Å²) in [6.07, 6.45) is 8.61. The number of carbonyl (C=O) groups is 1. The maximum atomic E-state index is 11.6. The molecule has 0 aromatic rings. The van der Waals surface area contributed by atoms with Crippen LogP contribution in [-0.2, 0) is 4.79 Å². The number of carbonyl (C=O) groups excluding carboxylic acids is 1. The monoisotopic (exact) mass is 179 g/mol. The van der Waals surface area contributed by atoms with Crippen molar-refractivity contribution in [3.05, 3.63) is 12.2 Å². The highest BCUT2D eigenvalue weighted by atomic mass is 16.1. The Hall–Kier alpha value is -0.790. The lowest BCUT2D eigenvalue weighted by Gasteiger charge is -2.13. The Bertz CT molecular complexity index is 232. The highest BCUT2D eigenvalue weighted by Crippen LogP contribution is 2.44. The van der Waals surface area contributed by atoms with Crippen molar-refractivity contribution in [2.45, 2.75) is 32.6 Å². The van der Waals surface area contributed by atoms with Crippen molar-refractivity contribution in [2.24, 2.45) is 11.3 Å². The van der Waals surface area contributed by atoms with Crippen LogP contribution in [0.1, 0.15) is 32.6 Å². The minimum absolute atomic E-state index is 0.224. The van der Waals surface area contributed by atoms with Gasteiger partial charge in [-0.1, -0.05) is 19.1 Å². The van der Waals surface area contributed by atoms with Gasteiger partial charge in [0.2, 0.25) is 5.91 Å². The fourth-order valence-electron chi connectivity index (χ4n) is 1.67. The van der Waals surface area contributed by atoms with Gasteiger partial charge in [0.25, 0.3) is 0 Å². The molecule has 2 aliphatic carbocycles. The van der Waals surface area contributed by atoms with Gasteiger partial charge in [-0.3, -0.25) is 4.79 Å². The molecule has 2 heteroatoms. The second-order valence-corrected chi connectivity index (χ2v) is 4.67. The summed E-state index contributed by atoms with van der Waals surface area (Å²) in [4.78, 5) is 11.6. The number of nitrogens with one attached hydrogen (secondary N) is 1. The normalized spacial score (nSPS) is 24.7. The molecule has 0 atom stereocenters. The molecule has 2 rings (SSSR count). The van der Waals surface area contributed by atoms with Gasteiger partial charge in [-0.15, -0.1) is 0 Å². The molecule has 0 radical (unpaired) electrons. The third kappa shape index (κ3) is 2.11. The van der Waals surface area contributed by atoms with Crippen molar-refractivity contribution in [2.75, 3.05) is 6.54 Å². The smallest absolute Gasteiger partial charge is 0.223 e. The number of hydrogen-bond acceptors (Lipinski definition) is 1. The summed E-state index contributed by atoms with van der Waals surface area (Å²) in [5.74, 6) is 0.473. The standard InChI is InChI=1S/C11H17NO/c1-11(6-7-11)8-12-10(13)9-4-2-3-5-9/h2-3,9H,4-8H2,1H3,(H,12,13). The van der Waals surface area contributed by atoms with Crippen molar-refractivity contribution in [1.29, 1.82) is 0 Å². The van der Waals surface area contributed by atoms with Crippen LogP contribution in [0.25, 0.3) is 0 Å². The lowest BCUT2D eigenvalue weighted by Crippen LogP contribution is -2.33. The number of rotatable bonds is 3. The van der Waals surface area contributed by atoms with E-state index in [1.165, 1.54) is 12.8 Å². The summed E-state index contributed by atoms with van der Waals surface area (Å²) in [7, 11) is 0. The first kappa shape index (κ1) is 8.79. The number of hydrogen-bond donors (Lipinski definition) is 1. The minimum Gasteiger partial charge on any atom is -0.355 e. The summed E-state index contributed by atoms with van der Waals surface area (Å²) in [5, 5.41) is 3.05. The van der Waals surface area contributed by atoms with Crippen LogP contribution in [0.3, 0.4) is 0 Å². The summed E-state index contributed by atoms with van der Waals surface area (Å²) in [6.45, 7) is 3.11. The van der Waals surface area contributed by atoms with Crippen LogP contribution in [0.5, 0.6) is 0 Å². The fraction of sp³-hybridized carbons (Fsp3) is 0.727. The topological polar surface area (TPSA) is 29.1 Å². The molecule has 2 nitrogen and oxygen atoms in total. The van der Waals surface area contributed by atoms with E-state index in [-0.39, 0.29) is 11.8 Å². The molecule has 0 saturated heterocycles. The average Bonchev–Trinajstić information content (AvgIpc) is 2.69. The SMILES string of the molecule is CC1(CNC(=O)C2CC=CC2)CC1. The molecular formula is C11H17NO. The Morgan fingerprint density at radius 3 is 2.62 bits per heavy atom. The van der Waals surface area contributed by atoms with Crippen LogP contribution < -0.4 is 5.32 Å². The van der Waals surface area contributed by atoms with Gasteiger partial charge in [-0.2, -0.15) is 0 Å². The highest BCUT2D eigenvalue weighted by Gasteiger charge is 2.37. The second kappa shape index (κ2) is 3.17. The third-order valence-electron chi connectivity index (χ3n) is 3.17. The Labute approximate surface area is 79.4 Å². The maximum Gasteiger partial charge on any atom is 0.223 e. The minimum atomic E-state index is 0.224. The third-order valence-corrected chi connectivity index (χ3v) is 3.17. The largest absolute Gasteiger partial charge is 0.355 e. The Kier molecular flexibility index (Phi) is 2.14. The summed E-state index contributed by atoms with van der Waals surface area (Å²) in [6, 6.07) is 0. The van der Waals surface area contributed by atoms with Gasteiger partial charge in [0.15, 0.2) is 0 Å². The first-order valence-corrected chi connectivity index (χ1v) is 5.12. The zero-order chi connectivity index (χ0) is 9.31. The van der Waals surface area contributed by atoms with Crippen molar-refractivity contribution < 1.29 is 4.79 Å². The molecule has 0 spiro atoms. The van der Waals surface area contributed by atoms with Crippen molar-refractivity contribution in [1.82, 2.24) is 5.32 Å². The van der Waals surface area contributed by atoms with E-state index >= 15 is 0 Å². The van der Waals surface area contributed by atoms with Crippen LogP contribution in [0, 0.1) is 11.3 Å². The van der Waals surface area contributed by atoms with E-state index in [0.29, 0.717) is 5.41 Å². The van der Waals surface area contributed by atoms with Gasteiger partial charge in [0, 0.05) is 12.5 Å². The predicted molar refractivity (Wildman–Crippen MR) is 52.2 cm³/mol. The van der Waals surface area contributed by atoms with E-state index in [2.05, 4.69) is 24.4 Å². The molecule has 0 heterocycles. The predicted octanol–water partition coefficient (Wildman–Crippen LogP) is 1.87. The summed E-state index contributed by atoms with van der Waals surface area (Å²) >= 11 is 0. The molecule has 2 aliphatic rings. The molecular weight excluding hydrogens is 162 g/mol. The lowest BCUT2D eigenvalue weighted by atomic mass is 10.1. The van der Waals surface area contributed by atoms with Gasteiger partial charge in [0.05, 0.1) is 0 Å². The van der Waals surface area contributed by atoms with Gasteiger partial charge in [-0.25, -0.2) is 0 Å². The van der Waals surface area contributed by atoms with Crippen LogP contribution in [0.15, 0.2) is 12.2 Å². The van der Waals surface area contributed by atoms with Crippen molar-refractivity contribution >= 4 is 5.91 Å². The Balaban J connectivity index is 1.72. The van der Waals surface area contributed by atoms with Crippen LogP contribution in [0.4, 0.5) is 0 Å². The zero-order valence-corrected chi connectivity index (χ0v) is 8.18. The van der Waals surface area contributed by atoms with E-state index in [4.69, 9.17) is 0 Å².